The summed E-state index contributed by atoms with van der Waals surface area (Å²) in [5.74, 6) is -3.94. The second-order valence-corrected chi connectivity index (χ2v) is 12.6. The van der Waals surface area contributed by atoms with Crippen molar-refractivity contribution in [3.8, 4) is 17.1 Å². The third-order valence-corrected chi connectivity index (χ3v) is 7.54. The number of furan rings is 1. The average molecular weight is 703 g/mol. The summed E-state index contributed by atoms with van der Waals surface area (Å²) in [7, 11) is 0. The number of rotatable bonds is 21. The molecule has 15 heteroatoms. The number of ether oxygens (including phenoxy) is 2. The van der Waals surface area contributed by atoms with Gasteiger partial charge in [0, 0.05) is 17.5 Å². The summed E-state index contributed by atoms with van der Waals surface area (Å²) in [6.07, 6.45) is 3.03. The summed E-state index contributed by atoms with van der Waals surface area (Å²) < 4.78 is 16.8. The number of esters is 1. The molecular weight excluding hydrogens is 652 g/mol. The van der Waals surface area contributed by atoms with E-state index < -0.39 is 53.3 Å². The van der Waals surface area contributed by atoms with Crippen LogP contribution < -0.4 is 20.7 Å². The summed E-state index contributed by atoms with van der Waals surface area (Å²) in [5, 5.41) is 27.4. The van der Waals surface area contributed by atoms with Crippen LogP contribution in [0.5, 0.6) is 5.75 Å². The Bertz CT molecular complexity index is 1470. The van der Waals surface area contributed by atoms with Crippen molar-refractivity contribution in [3.63, 3.8) is 0 Å². The molecular formula is C35H50N4O11. The topological polar surface area (TPSA) is 214 Å². The maximum absolute atomic E-state index is 13.3. The van der Waals surface area contributed by atoms with Gasteiger partial charge < -0.3 is 34.9 Å². The summed E-state index contributed by atoms with van der Waals surface area (Å²) in [6, 6.07) is 5.50. The van der Waals surface area contributed by atoms with E-state index in [9.17, 15) is 34.0 Å². The van der Waals surface area contributed by atoms with Crippen LogP contribution in [-0.4, -0.2) is 82.4 Å². The molecule has 3 atom stereocenters. The smallest absolute Gasteiger partial charge is 0.329 e. The van der Waals surface area contributed by atoms with Crippen LogP contribution in [0.1, 0.15) is 107 Å². The first kappa shape index (κ1) is 41.3. The van der Waals surface area contributed by atoms with Gasteiger partial charge in [-0.1, -0.05) is 33.1 Å². The predicted octanol–water partition coefficient (Wildman–Crippen LogP) is 4.28. The molecule has 2 unspecified atom stereocenters. The number of nitrogens with zero attached hydrogens (tertiary/aromatic N) is 1. The Kier molecular flexibility index (Phi) is 16.4. The highest BCUT2D eigenvalue weighted by molar-refractivity contribution is 5.98. The normalized spacial score (nSPS) is 12.9. The zero-order valence-corrected chi connectivity index (χ0v) is 29.6. The van der Waals surface area contributed by atoms with E-state index in [4.69, 9.17) is 19.0 Å². The number of hydroxylamine groups is 2. The fraction of sp³-hybridized carbons (Fsp3) is 0.543. The molecule has 1 heterocycles. The van der Waals surface area contributed by atoms with Crippen molar-refractivity contribution in [2.24, 2.45) is 5.92 Å². The van der Waals surface area contributed by atoms with Gasteiger partial charge in [0.2, 0.25) is 12.3 Å². The molecule has 0 bridgehead atoms. The summed E-state index contributed by atoms with van der Waals surface area (Å²) in [6.45, 7) is 10.5. The number of carboxylic acid groups (broad SMARTS) is 1. The maximum atomic E-state index is 13.3. The van der Waals surface area contributed by atoms with Gasteiger partial charge in [-0.15, -0.1) is 0 Å². The van der Waals surface area contributed by atoms with Gasteiger partial charge in [-0.2, -0.15) is 0 Å². The van der Waals surface area contributed by atoms with Gasteiger partial charge in [0.1, 0.15) is 23.2 Å². The molecule has 1 aromatic carbocycles. The van der Waals surface area contributed by atoms with Crippen molar-refractivity contribution in [2.75, 3.05) is 13.3 Å². The van der Waals surface area contributed by atoms with Crippen LogP contribution in [-0.2, 0) is 23.9 Å². The van der Waals surface area contributed by atoms with Crippen LogP contribution >= 0.6 is 0 Å². The molecule has 5 N–H and O–H groups in total. The molecule has 0 aliphatic rings. The van der Waals surface area contributed by atoms with E-state index in [2.05, 4.69) is 16.0 Å². The lowest BCUT2D eigenvalue weighted by Gasteiger charge is -2.29. The molecule has 2 aromatic rings. The molecule has 0 saturated heterocycles. The molecule has 0 spiro atoms. The summed E-state index contributed by atoms with van der Waals surface area (Å²) in [4.78, 5) is 74.5. The molecule has 0 aliphatic carbocycles. The Hall–Kier alpha value is -4.92. The quantitative estimate of drug-likeness (QED) is 0.0309. The summed E-state index contributed by atoms with van der Waals surface area (Å²) in [5.41, 5.74) is -0.416. The number of amides is 4. The van der Waals surface area contributed by atoms with Crippen LogP contribution in [0.25, 0.3) is 11.3 Å². The zero-order valence-electron chi connectivity index (χ0n) is 29.6. The highest BCUT2D eigenvalue weighted by Gasteiger charge is 2.31. The number of hydrogen-bond donors (Lipinski definition) is 5. The van der Waals surface area contributed by atoms with Crippen molar-refractivity contribution in [1.29, 1.82) is 0 Å². The zero-order chi connectivity index (χ0) is 37.4. The number of carbonyl (C=O) groups excluding carboxylic acids is 5. The minimum atomic E-state index is -1.23. The van der Waals surface area contributed by atoms with E-state index in [1.807, 2.05) is 6.92 Å². The van der Waals surface area contributed by atoms with Crippen LogP contribution in [0.2, 0.25) is 0 Å². The number of benzene rings is 1. The highest BCUT2D eigenvalue weighted by Crippen LogP contribution is 2.28. The molecule has 0 radical (unpaired) electrons. The van der Waals surface area contributed by atoms with Crippen LogP contribution in [0.4, 0.5) is 0 Å². The molecule has 0 aliphatic heterocycles. The fourth-order valence-electron chi connectivity index (χ4n) is 5.15. The Morgan fingerprint density at radius 3 is 2.30 bits per heavy atom. The SMILES string of the molecule is CCCCCC(C(=O)NCNC(=O)c1ccc(-c2cc(OCC)cc(C(=O)NC(CCC(=O)O)C(=O)OC(C)(C)C)c2)o1)[C@@H](CC)N(O)C=O. The van der Waals surface area contributed by atoms with Crippen molar-refractivity contribution < 1.29 is 53.0 Å². The van der Waals surface area contributed by atoms with Crippen molar-refractivity contribution in [1.82, 2.24) is 21.0 Å². The molecule has 1 aromatic heterocycles. The third kappa shape index (κ3) is 13.2. The first-order valence-electron chi connectivity index (χ1n) is 16.8. The third-order valence-electron chi connectivity index (χ3n) is 7.54. The Balaban J connectivity index is 2.21. The number of nitrogens with one attached hydrogen (secondary N) is 3. The molecule has 2 rings (SSSR count). The van der Waals surface area contributed by atoms with Gasteiger partial charge in [-0.05, 0) is 77.3 Å². The highest BCUT2D eigenvalue weighted by atomic mass is 16.6. The van der Waals surface area contributed by atoms with Gasteiger partial charge in [0.25, 0.3) is 11.8 Å². The van der Waals surface area contributed by atoms with E-state index in [-0.39, 0.29) is 49.6 Å². The molecule has 276 valence electrons. The Labute approximate surface area is 292 Å². The predicted molar refractivity (Wildman–Crippen MR) is 181 cm³/mol. The average Bonchev–Trinajstić information content (AvgIpc) is 3.56. The van der Waals surface area contributed by atoms with E-state index in [0.29, 0.717) is 29.2 Å². The van der Waals surface area contributed by atoms with E-state index in [1.54, 1.807) is 40.7 Å². The minimum absolute atomic E-state index is 0.0786. The molecule has 50 heavy (non-hydrogen) atoms. The number of hydrogen-bond acceptors (Lipinski definition) is 10. The van der Waals surface area contributed by atoms with E-state index >= 15 is 0 Å². The van der Waals surface area contributed by atoms with Crippen molar-refractivity contribution in [2.45, 2.75) is 104 Å². The van der Waals surface area contributed by atoms with Crippen LogP contribution in [0.3, 0.4) is 0 Å². The number of carboxylic acids is 1. The second kappa shape index (κ2) is 19.9. The largest absolute Gasteiger partial charge is 0.494 e. The first-order valence-corrected chi connectivity index (χ1v) is 16.8. The fourth-order valence-corrected chi connectivity index (χ4v) is 5.15. The lowest BCUT2D eigenvalue weighted by atomic mass is 9.90. The van der Waals surface area contributed by atoms with Crippen LogP contribution in [0, 0.1) is 5.92 Å². The first-order chi connectivity index (χ1) is 23.6. The van der Waals surface area contributed by atoms with Gasteiger partial charge in [0.15, 0.2) is 5.76 Å². The van der Waals surface area contributed by atoms with Crippen LogP contribution in [0.15, 0.2) is 34.7 Å². The lowest BCUT2D eigenvalue weighted by molar-refractivity contribution is -0.168. The van der Waals surface area contributed by atoms with Gasteiger partial charge in [-0.25, -0.2) is 9.86 Å². The maximum Gasteiger partial charge on any atom is 0.329 e. The van der Waals surface area contributed by atoms with E-state index in [1.165, 1.54) is 24.3 Å². The number of carbonyl (C=O) groups is 6. The second-order valence-electron chi connectivity index (χ2n) is 12.6. The van der Waals surface area contributed by atoms with Gasteiger partial charge in [0.05, 0.1) is 25.2 Å². The molecule has 4 amide bonds. The monoisotopic (exact) mass is 702 g/mol. The van der Waals surface area contributed by atoms with Crippen molar-refractivity contribution >= 4 is 36.1 Å². The van der Waals surface area contributed by atoms with Gasteiger partial charge >= 0.3 is 11.9 Å². The summed E-state index contributed by atoms with van der Waals surface area (Å²) >= 11 is 0. The Morgan fingerprint density at radius 1 is 0.980 bits per heavy atom. The standard InChI is InChI=1S/C35H50N4O11/c1-7-10-11-12-25(27(8-2)39(47)21-40)32(44)36-20-37-33(45)29-15-14-28(49-29)22-17-23(19-24(18-22)48-9-3)31(43)38-26(13-16-30(41)42)34(46)50-35(4,5)6/h14-15,17-19,21,25-27,47H,7-13,16,20H2,1-6H3,(H,36,44)(H,37,45)(H,38,43)(H,41,42)/t25?,26?,27-/m1/s1. The lowest BCUT2D eigenvalue weighted by Crippen LogP contribution is -2.47. The Morgan fingerprint density at radius 2 is 1.70 bits per heavy atom. The van der Waals surface area contributed by atoms with Crippen molar-refractivity contribution in [3.05, 3.63) is 41.7 Å². The van der Waals surface area contributed by atoms with E-state index in [0.717, 1.165) is 19.3 Å². The number of aliphatic carboxylic acids is 1. The molecule has 0 fully saturated rings. The molecule has 0 saturated carbocycles. The molecule has 15 nitrogen and oxygen atoms in total. The van der Waals surface area contributed by atoms with Gasteiger partial charge in [-0.3, -0.25) is 29.2 Å². The number of unbranched alkanes of at least 4 members (excludes halogenated alkanes) is 2. The minimum Gasteiger partial charge on any atom is -0.494 e.